The van der Waals surface area contributed by atoms with Crippen molar-refractivity contribution in [2.24, 2.45) is 0 Å². The van der Waals surface area contributed by atoms with Crippen LogP contribution in [-0.4, -0.2) is 36.6 Å². The zero-order chi connectivity index (χ0) is 12.5. The summed E-state index contributed by atoms with van der Waals surface area (Å²) >= 11 is 0. The van der Waals surface area contributed by atoms with Crippen molar-refractivity contribution in [3.8, 4) is 0 Å². The summed E-state index contributed by atoms with van der Waals surface area (Å²) < 4.78 is 5.07. The number of esters is 1. The lowest BCUT2D eigenvalue weighted by Gasteiger charge is -2.26. The number of ether oxygens (including phenoxy) is 1. The smallest absolute Gasteiger partial charge is 0.307 e. The predicted octanol–water partition coefficient (Wildman–Crippen LogP) is 2.98. The van der Waals surface area contributed by atoms with E-state index in [2.05, 4.69) is 11.8 Å². The molecule has 0 N–H and O–H groups in total. The van der Waals surface area contributed by atoms with Gasteiger partial charge in [0, 0.05) is 6.04 Å². The molecular weight excluding hydrogens is 214 g/mol. The number of nitrogens with zero attached hydrogens (tertiary/aromatic N) is 1. The highest BCUT2D eigenvalue weighted by molar-refractivity contribution is 5.70. The zero-order valence-corrected chi connectivity index (χ0v) is 11.4. The molecule has 0 amide bonds. The van der Waals surface area contributed by atoms with E-state index in [1.807, 2.05) is 6.92 Å². The number of likely N-dealkylation sites (tertiary alicyclic amines) is 1. The Morgan fingerprint density at radius 3 is 2.53 bits per heavy atom. The van der Waals surface area contributed by atoms with Gasteiger partial charge in [0.05, 0.1) is 13.0 Å². The molecule has 1 heterocycles. The van der Waals surface area contributed by atoms with E-state index in [1.54, 1.807) is 0 Å². The first-order valence-corrected chi connectivity index (χ1v) is 7.17. The van der Waals surface area contributed by atoms with Crippen molar-refractivity contribution in [2.75, 3.05) is 19.7 Å². The van der Waals surface area contributed by atoms with Gasteiger partial charge in [-0.3, -0.25) is 9.69 Å². The van der Waals surface area contributed by atoms with Crippen molar-refractivity contribution >= 4 is 5.97 Å². The van der Waals surface area contributed by atoms with E-state index in [4.69, 9.17) is 4.74 Å². The Hall–Kier alpha value is -0.570. The average Bonchev–Trinajstić information content (AvgIpc) is 2.81. The van der Waals surface area contributed by atoms with Gasteiger partial charge in [0.1, 0.15) is 0 Å². The van der Waals surface area contributed by atoms with Crippen LogP contribution in [0.4, 0.5) is 0 Å². The molecule has 1 saturated heterocycles. The fourth-order valence-electron chi connectivity index (χ4n) is 2.56. The molecule has 1 unspecified atom stereocenters. The molecule has 0 aromatic rings. The van der Waals surface area contributed by atoms with Gasteiger partial charge in [0.15, 0.2) is 0 Å². The number of rotatable bonds is 8. The normalized spacial score (nSPS) is 18.2. The van der Waals surface area contributed by atoms with Gasteiger partial charge in [-0.25, -0.2) is 0 Å². The molecular formula is C14H27NO2. The summed E-state index contributed by atoms with van der Waals surface area (Å²) in [5.74, 6) is -0.0269. The maximum Gasteiger partial charge on any atom is 0.307 e. The fraction of sp³-hybridized carbons (Fsp3) is 0.929. The molecule has 0 bridgehead atoms. The molecule has 1 aliphatic rings. The molecule has 1 atom stereocenters. The second kappa shape index (κ2) is 8.51. The van der Waals surface area contributed by atoms with E-state index in [9.17, 15) is 4.79 Å². The van der Waals surface area contributed by atoms with Crippen LogP contribution in [0, 0.1) is 0 Å². The molecule has 100 valence electrons. The zero-order valence-electron chi connectivity index (χ0n) is 11.4. The lowest BCUT2D eigenvalue weighted by molar-refractivity contribution is -0.144. The van der Waals surface area contributed by atoms with Crippen LogP contribution < -0.4 is 0 Å². The van der Waals surface area contributed by atoms with Crippen LogP contribution >= 0.6 is 0 Å². The molecule has 0 aliphatic carbocycles. The monoisotopic (exact) mass is 241 g/mol. The fourth-order valence-corrected chi connectivity index (χ4v) is 2.56. The molecule has 1 fully saturated rings. The quantitative estimate of drug-likeness (QED) is 0.483. The molecule has 17 heavy (non-hydrogen) atoms. The molecule has 1 aliphatic heterocycles. The van der Waals surface area contributed by atoms with Crippen LogP contribution in [0.2, 0.25) is 0 Å². The van der Waals surface area contributed by atoms with Crippen molar-refractivity contribution in [1.29, 1.82) is 0 Å². The summed E-state index contributed by atoms with van der Waals surface area (Å²) in [5.41, 5.74) is 0. The lowest BCUT2D eigenvalue weighted by Crippen LogP contribution is -2.35. The Balaban J connectivity index is 2.37. The first kappa shape index (κ1) is 14.5. The molecule has 0 spiro atoms. The van der Waals surface area contributed by atoms with E-state index in [-0.39, 0.29) is 5.97 Å². The van der Waals surface area contributed by atoms with Gasteiger partial charge in [-0.15, -0.1) is 0 Å². The number of carbonyl (C=O) groups excluding carboxylic acids is 1. The number of hydrogen-bond acceptors (Lipinski definition) is 3. The predicted molar refractivity (Wildman–Crippen MR) is 70.0 cm³/mol. The van der Waals surface area contributed by atoms with Crippen LogP contribution in [0.15, 0.2) is 0 Å². The van der Waals surface area contributed by atoms with Crippen LogP contribution in [0.1, 0.15) is 58.8 Å². The maximum atomic E-state index is 11.6. The molecule has 0 saturated carbocycles. The summed E-state index contributed by atoms with van der Waals surface area (Å²) in [4.78, 5) is 14.1. The first-order chi connectivity index (χ1) is 8.27. The Kier molecular flexibility index (Phi) is 7.25. The third kappa shape index (κ3) is 5.53. The van der Waals surface area contributed by atoms with Gasteiger partial charge >= 0.3 is 5.97 Å². The standard InChI is InChI=1S/C14H27NO2/c1-3-5-6-9-13(12-14(16)17-4-2)15-10-7-8-11-15/h13H,3-12H2,1-2H3. The maximum absolute atomic E-state index is 11.6. The molecule has 0 radical (unpaired) electrons. The Labute approximate surface area is 106 Å². The Bertz CT molecular complexity index is 212. The number of hydrogen-bond donors (Lipinski definition) is 0. The van der Waals surface area contributed by atoms with Crippen molar-refractivity contribution < 1.29 is 9.53 Å². The average molecular weight is 241 g/mol. The minimum Gasteiger partial charge on any atom is -0.466 e. The minimum absolute atomic E-state index is 0.0269. The van der Waals surface area contributed by atoms with Crippen LogP contribution in [0.3, 0.4) is 0 Å². The molecule has 3 heteroatoms. The molecule has 3 nitrogen and oxygen atoms in total. The van der Waals surface area contributed by atoms with E-state index in [0.29, 0.717) is 19.1 Å². The molecule has 0 aromatic carbocycles. The second-order valence-corrected chi connectivity index (χ2v) is 4.90. The van der Waals surface area contributed by atoms with Gasteiger partial charge in [-0.05, 0) is 39.3 Å². The van der Waals surface area contributed by atoms with Crippen molar-refractivity contribution in [3.05, 3.63) is 0 Å². The van der Waals surface area contributed by atoms with Gasteiger partial charge in [0.25, 0.3) is 0 Å². The highest BCUT2D eigenvalue weighted by Crippen LogP contribution is 2.19. The second-order valence-electron chi connectivity index (χ2n) is 4.90. The van der Waals surface area contributed by atoms with Crippen molar-refractivity contribution in [2.45, 2.75) is 64.8 Å². The van der Waals surface area contributed by atoms with E-state index < -0.39 is 0 Å². The Morgan fingerprint density at radius 2 is 1.94 bits per heavy atom. The van der Waals surface area contributed by atoms with Crippen molar-refractivity contribution in [1.82, 2.24) is 4.90 Å². The summed E-state index contributed by atoms with van der Waals surface area (Å²) in [6, 6.07) is 0.420. The lowest BCUT2D eigenvalue weighted by atomic mass is 10.0. The van der Waals surface area contributed by atoms with E-state index in [0.717, 1.165) is 19.5 Å². The highest BCUT2D eigenvalue weighted by atomic mass is 16.5. The molecule has 0 aromatic heterocycles. The highest BCUT2D eigenvalue weighted by Gasteiger charge is 2.24. The molecule has 1 rings (SSSR count). The number of unbranched alkanes of at least 4 members (excludes halogenated alkanes) is 2. The van der Waals surface area contributed by atoms with Gasteiger partial charge < -0.3 is 4.74 Å². The third-order valence-electron chi connectivity index (χ3n) is 3.51. The Morgan fingerprint density at radius 1 is 1.24 bits per heavy atom. The summed E-state index contributed by atoms with van der Waals surface area (Å²) in [6.45, 7) is 6.92. The van der Waals surface area contributed by atoms with Crippen LogP contribution in [0.25, 0.3) is 0 Å². The largest absolute Gasteiger partial charge is 0.466 e. The number of carbonyl (C=O) groups is 1. The van der Waals surface area contributed by atoms with Crippen LogP contribution in [0.5, 0.6) is 0 Å². The van der Waals surface area contributed by atoms with Crippen molar-refractivity contribution in [3.63, 3.8) is 0 Å². The van der Waals surface area contributed by atoms with Gasteiger partial charge in [0.2, 0.25) is 0 Å². The van der Waals surface area contributed by atoms with Gasteiger partial charge in [-0.2, -0.15) is 0 Å². The van der Waals surface area contributed by atoms with E-state index >= 15 is 0 Å². The first-order valence-electron chi connectivity index (χ1n) is 7.17. The van der Waals surface area contributed by atoms with Gasteiger partial charge in [-0.1, -0.05) is 26.2 Å². The summed E-state index contributed by atoms with van der Waals surface area (Å²) in [6.07, 6.45) is 8.04. The SMILES string of the molecule is CCCCCC(CC(=O)OCC)N1CCCC1. The van der Waals surface area contributed by atoms with E-state index in [1.165, 1.54) is 32.1 Å². The van der Waals surface area contributed by atoms with Crippen LogP contribution in [-0.2, 0) is 9.53 Å². The summed E-state index contributed by atoms with van der Waals surface area (Å²) in [7, 11) is 0. The third-order valence-corrected chi connectivity index (χ3v) is 3.51. The topological polar surface area (TPSA) is 29.5 Å². The summed E-state index contributed by atoms with van der Waals surface area (Å²) in [5, 5.41) is 0. The minimum atomic E-state index is -0.0269.